The van der Waals surface area contributed by atoms with Crippen molar-refractivity contribution in [3.63, 3.8) is 0 Å². The van der Waals surface area contributed by atoms with Crippen molar-refractivity contribution in [3.05, 3.63) is 23.8 Å². The molecule has 0 spiro atoms. The normalized spacial score (nSPS) is 24.9. The van der Waals surface area contributed by atoms with Crippen LogP contribution in [-0.4, -0.2) is 0 Å². The largest absolute Gasteiger partial charge is 0.0805 e. The molecule has 0 radical (unpaired) electrons. The zero-order valence-corrected chi connectivity index (χ0v) is 12.7. The van der Waals surface area contributed by atoms with Gasteiger partial charge >= 0.3 is 0 Å². The van der Waals surface area contributed by atoms with Crippen LogP contribution in [0.1, 0.15) is 89.9 Å². The molecule has 0 atom stereocenters. The fraction of sp³-hybridized carbons (Fsp3) is 0.789. The van der Waals surface area contributed by atoms with E-state index in [0.717, 1.165) is 5.92 Å². The highest BCUT2D eigenvalue weighted by atomic mass is 14.2. The van der Waals surface area contributed by atoms with Gasteiger partial charge in [-0.2, -0.15) is 0 Å². The van der Waals surface area contributed by atoms with Crippen LogP contribution in [0.3, 0.4) is 0 Å². The zero-order valence-electron chi connectivity index (χ0n) is 12.7. The first kappa shape index (κ1) is 14.9. The van der Waals surface area contributed by atoms with Gasteiger partial charge in [-0.05, 0) is 25.2 Å². The summed E-state index contributed by atoms with van der Waals surface area (Å²) in [6.45, 7) is 0. The monoisotopic (exact) mass is 260 g/mol. The van der Waals surface area contributed by atoms with E-state index in [1.165, 1.54) is 89.9 Å². The van der Waals surface area contributed by atoms with Crippen molar-refractivity contribution >= 4 is 0 Å². The van der Waals surface area contributed by atoms with Gasteiger partial charge in [0.2, 0.25) is 0 Å². The maximum Gasteiger partial charge on any atom is -0.0130 e. The molecule has 3 aliphatic rings. The Morgan fingerprint density at radius 1 is 0.632 bits per heavy atom. The van der Waals surface area contributed by atoms with Crippen molar-refractivity contribution in [2.45, 2.75) is 89.9 Å². The third-order valence-corrected chi connectivity index (χ3v) is 4.93. The standard InChI is InChI=1S/C11H16.C8H16/c1-2-6-10(7-3-1)11-8-4-5-9-11;1-2-4-6-8-7-5-3-1/h4-5,8,10H,1-3,6-7,9H2;1-8H2. The summed E-state index contributed by atoms with van der Waals surface area (Å²) < 4.78 is 0. The Kier molecular flexibility index (Phi) is 7.36. The van der Waals surface area contributed by atoms with Crippen molar-refractivity contribution in [3.8, 4) is 0 Å². The molecule has 0 bridgehead atoms. The molecule has 0 heteroatoms. The molecule has 108 valence electrons. The van der Waals surface area contributed by atoms with Gasteiger partial charge < -0.3 is 0 Å². The van der Waals surface area contributed by atoms with Crippen LogP contribution in [0.5, 0.6) is 0 Å². The second kappa shape index (κ2) is 9.39. The predicted molar refractivity (Wildman–Crippen MR) is 85.4 cm³/mol. The molecule has 19 heavy (non-hydrogen) atoms. The average Bonchev–Trinajstić information content (AvgIpc) is 2.93. The molecule has 0 heterocycles. The molecule has 0 aromatic rings. The Morgan fingerprint density at radius 3 is 1.53 bits per heavy atom. The van der Waals surface area contributed by atoms with E-state index in [4.69, 9.17) is 0 Å². The van der Waals surface area contributed by atoms with Crippen LogP contribution in [0.4, 0.5) is 0 Å². The van der Waals surface area contributed by atoms with Crippen LogP contribution >= 0.6 is 0 Å². The van der Waals surface area contributed by atoms with E-state index in [9.17, 15) is 0 Å². The van der Waals surface area contributed by atoms with Crippen LogP contribution in [0.25, 0.3) is 0 Å². The Balaban J connectivity index is 0.000000148. The van der Waals surface area contributed by atoms with Gasteiger partial charge in [-0.15, -0.1) is 0 Å². The van der Waals surface area contributed by atoms with E-state index < -0.39 is 0 Å². The van der Waals surface area contributed by atoms with E-state index in [-0.39, 0.29) is 0 Å². The van der Waals surface area contributed by atoms with Gasteiger partial charge in [0.25, 0.3) is 0 Å². The summed E-state index contributed by atoms with van der Waals surface area (Å²) in [5.74, 6) is 0.943. The van der Waals surface area contributed by atoms with E-state index in [2.05, 4.69) is 18.2 Å². The lowest BCUT2D eigenvalue weighted by Gasteiger charge is -2.22. The van der Waals surface area contributed by atoms with Gasteiger partial charge in [-0.1, -0.05) is 94.4 Å². The number of allylic oxidation sites excluding steroid dienone is 4. The van der Waals surface area contributed by atoms with Crippen molar-refractivity contribution in [1.29, 1.82) is 0 Å². The molecular weight excluding hydrogens is 228 g/mol. The maximum atomic E-state index is 2.33. The maximum absolute atomic E-state index is 2.33. The molecule has 2 fully saturated rings. The second-order valence-corrected chi connectivity index (χ2v) is 6.54. The fourth-order valence-corrected chi connectivity index (χ4v) is 3.65. The topological polar surface area (TPSA) is 0 Å². The minimum atomic E-state index is 0.943. The van der Waals surface area contributed by atoms with Crippen LogP contribution in [0.2, 0.25) is 0 Å². The minimum Gasteiger partial charge on any atom is -0.0805 e. The Labute approximate surface area is 120 Å². The van der Waals surface area contributed by atoms with Gasteiger partial charge in [-0.25, -0.2) is 0 Å². The quantitative estimate of drug-likeness (QED) is 0.500. The molecule has 3 aliphatic carbocycles. The lowest BCUT2D eigenvalue weighted by atomic mass is 9.83. The van der Waals surface area contributed by atoms with Crippen molar-refractivity contribution in [2.75, 3.05) is 0 Å². The van der Waals surface area contributed by atoms with Crippen molar-refractivity contribution in [1.82, 2.24) is 0 Å². The van der Waals surface area contributed by atoms with Crippen LogP contribution in [-0.2, 0) is 0 Å². The van der Waals surface area contributed by atoms with Crippen LogP contribution < -0.4 is 0 Å². The SMILES string of the molecule is C1=CCC(C2CCCCC2)=C1.C1CCCCCCC1. The Morgan fingerprint density at radius 2 is 1.11 bits per heavy atom. The minimum absolute atomic E-state index is 0.943. The first-order valence-electron chi connectivity index (χ1n) is 8.82. The summed E-state index contributed by atoms with van der Waals surface area (Å²) in [7, 11) is 0. The summed E-state index contributed by atoms with van der Waals surface area (Å²) in [6, 6.07) is 0. The molecule has 2 saturated carbocycles. The van der Waals surface area contributed by atoms with Crippen LogP contribution in [0, 0.1) is 5.92 Å². The highest BCUT2D eigenvalue weighted by molar-refractivity contribution is 5.25. The molecule has 0 aromatic carbocycles. The molecule has 0 aliphatic heterocycles. The van der Waals surface area contributed by atoms with E-state index in [1.54, 1.807) is 5.57 Å². The highest BCUT2D eigenvalue weighted by Gasteiger charge is 2.17. The highest BCUT2D eigenvalue weighted by Crippen LogP contribution is 2.33. The third-order valence-electron chi connectivity index (χ3n) is 4.93. The first-order valence-corrected chi connectivity index (χ1v) is 8.82. The predicted octanol–water partition coefficient (Wildman–Crippen LogP) is 6.57. The van der Waals surface area contributed by atoms with Gasteiger partial charge in [-0.3, -0.25) is 0 Å². The lowest BCUT2D eigenvalue weighted by Crippen LogP contribution is -2.07. The average molecular weight is 260 g/mol. The fourth-order valence-electron chi connectivity index (χ4n) is 3.65. The third kappa shape index (κ3) is 5.97. The molecule has 3 rings (SSSR count). The molecular formula is C19H32. The van der Waals surface area contributed by atoms with E-state index in [1.807, 2.05) is 0 Å². The summed E-state index contributed by atoms with van der Waals surface area (Å²) in [6.07, 6.45) is 27.4. The number of hydrogen-bond donors (Lipinski definition) is 0. The van der Waals surface area contributed by atoms with Gasteiger partial charge in [0.05, 0.1) is 0 Å². The summed E-state index contributed by atoms with van der Waals surface area (Å²) in [5, 5.41) is 0. The van der Waals surface area contributed by atoms with Crippen molar-refractivity contribution in [2.24, 2.45) is 5.92 Å². The molecule has 0 nitrogen and oxygen atoms in total. The van der Waals surface area contributed by atoms with Gasteiger partial charge in [0.15, 0.2) is 0 Å². The smallest absolute Gasteiger partial charge is 0.0130 e. The van der Waals surface area contributed by atoms with Gasteiger partial charge in [0.1, 0.15) is 0 Å². The summed E-state index contributed by atoms with van der Waals surface area (Å²) in [4.78, 5) is 0. The first-order chi connectivity index (χ1) is 9.47. The number of hydrogen-bond acceptors (Lipinski definition) is 0. The van der Waals surface area contributed by atoms with Crippen molar-refractivity contribution < 1.29 is 0 Å². The summed E-state index contributed by atoms with van der Waals surface area (Å²) in [5.41, 5.74) is 1.70. The zero-order chi connectivity index (χ0) is 13.2. The Bertz CT molecular complexity index is 254. The summed E-state index contributed by atoms with van der Waals surface area (Å²) >= 11 is 0. The lowest BCUT2D eigenvalue weighted by molar-refractivity contribution is 0.400. The van der Waals surface area contributed by atoms with E-state index >= 15 is 0 Å². The number of rotatable bonds is 1. The molecule has 0 amide bonds. The Hall–Kier alpha value is -0.520. The van der Waals surface area contributed by atoms with Crippen LogP contribution in [0.15, 0.2) is 23.8 Å². The molecule has 0 aromatic heterocycles. The molecule has 0 N–H and O–H groups in total. The molecule has 0 saturated heterocycles. The van der Waals surface area contributed by atoms with Gasteiger partial charge in [0, 0.05) is 0 Å². The molecule has 0 unspecified atom stereocenters. The second-order valence-electron chi connectivity index (χ2n) is 6.54. The van der Waals surface area contributed by atoms with E-state index in [0.29, 0.717) is 0 Å².